The highest BCUT2D eigenvalue weighted by Crippen LogP contribution is 2.23. The normalized spacial score (nSPS) is 15.9. The molecule has 0 radical (unpaired) electrons. The summed E-state index contributed by atoms with van der Waals surface area (Å²) < 4.78 is 1.96. The number of rotatable bonds is 4. The van der Waals surface area contributed by atoms with Gasteiger partial charge in [0.1, 0.15) is 5.69 Å². The van der Waals surface area contributed by atoms with Gasteiger partial charge in [-0.15, -0.1) is 5.10 Å². The Hall–Kier alpha value is -2.31. The van der Waals surface area contributed by atoms with E-state index in [0.29, 0.717) is 30.7 Å². The molecular weight excluding hydrogens is 304 g/mol. The maximum atomic E-state index is 12.5. The third kappa shape index (κ3) is 3.77. The fourth-order valence-corrected chi connectivity index (χ4v) is 3.00. The van der Waals surface area contributed by atoms with Gasteiger partial charge in [-0.05, 0) is 32.1 Å². The Bertz CT molecular complexity index is 685. The van der Waals surface area contributed by atoms with Crippen LogP contribution in [0.5, 0.6) is 0 Å². The predicted molar refractivity (Wildman–Crippen MR) is 89.5 cm³/mol. The lowest BCUT2D eigenvalue weighted by Crippen LogP contribution is -2.39. The van der Waals surface area contributed by atoms with Gasteiger partial charge in [-0.25, -0.2) is 9.67 Å². The molecule has 0 unspecified atom stereocenters. The molecule has 1 fully saturated rings. The van der Waals surface area contributed by atoms with Crippen molar-refractivity contribution in [3.8, 4) is 0 Å². The molecular formula is C17H24N6O. The van der Waals surface area contributed by atoms with E-state index < -0.39 is 0 Å². The van der Waals surface area contributed by atoms with Crippen LogP contribution < -0.4 is 0 Å². The molecule has 7 nitrogen and oxygen atoms in total. The highest BCUT2D eigenvalue weighted by Gasteiger charge is 2.26. The summed E-state index contributed by atoms with van der Waals surface area (Å²) in [4.78, 5) is 22.6. The van der Waals surface area contributed by atoms with E-state index in [-0.39, 0.29) is 5.91 Å². The molecule has 1 saturated heterocycles. The fraction of sp³-hybridized carbons (Fsp3) is 0.588. The molecule has 3 heterocycles. The molecule has 0 saturated carbocycles. The van der Waals surface area contributed by atoms with Crippen molar-refractivity contribution in [2.24, 2.45) is 5.92 Å². The van der Waals surface area contributed by atoms with Crippen LogP contribution in [-0.4, -0.2) is 48.9 Å². The molecule has 1 amide bonds. The highest BCUT2D eigenvalue weighted by atomic mass is 16.2. The van der Waals surface area contributed by atoms with Crippen LogP contribution in [0, 0.1) is 12.8 Å². The quantitative estimate of drug-likeness (QED) is 0.858. The topological polar surface area (TPSA) is 76.8 Å². The molecule has 0 aromatic carbocycles. The lowest BCUT2D eigenvalue weighted by Gasteiger charge is -2.31. The Morgan fingerprint density at radius 1 is 1.25 bits per heavy atom. The van der Waals surface area contributed by atoms with Crippen molar-refractivity contribution >= 4 is 5.91 Å². The SMILES string of the molecule is Cc1cnc(C(=O)N2CCC(n3cc(CC(C)C)nn3)CC2)cn1. The number of amides is 1. The van der Waals surface area contributed by atoms with Gasteiger partial charge in [-0.3, -0.25) is 9.78 Å². The number of aryl methyl sites for hydroxylation is 1. The summed E-state index contributed by atoms with van der Waals surface area (Å²) in [7, 11) is 0. The lowest BCUT2D eigenvalue weighted by molar-refractivity contribution is 0.0682. The zero-order valence-electron chi connectivity index (χ0n) is 14.5. The Morgan fingerprint density at radius 3 is 2.62 bits per heavy atom. The van der Waals surface area contributed by atoms with Crippen LogP contribution in [0.1, 0.15) is 54.6 Å². The van der Waals surface area contributed by atoms with Crippen molar-refractivity contribution < 1.29 is 4.79 Å². The smallest absolute Gasteiger partial charge is 0.274 e. The van der Waals surface area contributed by atoms with E-state index in [2.05, 4.69) is 34.1 Å². The minimum Gasteiger partial charge on any atom is -0.337 e. The molecule has 2 aromatic rings. The van der Waals surface area contributed by atoms with E-state index >= 15 is 0 Å². The summed E-state index contributed by atoms with van der Waals surface area (Å²) in [6, 6.07) is 0.312. The summed E-state index contributed by atoms with van der Waals surface area (Å²) in [6.07, 6.45) is 7.95. The van der Waals surface area contributed by atoms with Gasteiger partial charge in [0, 0.05) is 25.5 Å². The van der Waals surface area contributed by atoms with Gasteiger partial charge in [-0.1, -0.05) is 19.1 Å². The highest BCUT2D eigenvalue weighted by molar-refractivity contribution is 5.92. The molecule has 24 heavy (non-hydrogen) atoms. The van der Waals surface area contributed by atoms with Gasteiger partial charge < -0.3 is 4.90 Å². The summed E-state index contributed by atoms with van der Waals surface area (Å²) in [6.45, 7) is 7.63. The van der Waals surface area contributed by atoms with Gasteiger partial charge >= 0.3 is 0 Å². The second-order valence-corrected chi connectivity index (χ2v) is 6.85. The molecule has 0 spiro atoms. The molecule has 7 heteroatoms. The molecule has 1 aliphatic heterocycles. The van der Waals surface area contributed by atoms with E-state index in [1.807, 2.05) is 22.7 Å². The monoisotopic (exact) mass is 328 g/mol. The average molecular weight is 328 g/mol. The molecule has 128 valence electrons. The van der Waals surface area contributed by atoms with E-state index in [1.165, 1.54) is 0 Å². The van der Waals surface area contributed by atoms with Gasteiger partial charge in [0.05, 0.1) is 23.6 Å². The van der Waals surface area contributed by atoms with Gasteiger partial charge in [-0.2, -0.15) is 0 Å². The molecule has 3 rings (SSSR count). The Kier molecular flexibility index (Phi) is 4.87. The van der Waals surface area contributed by atoms with Crippen molar-refractivity contribution in [2.75, 3.05) is 13.1 Å². The van der Waals surface area contributed by atoms with Crippen LogP contribution in [-0.2, 0) is 6.42 Å². The summed E-state index contributed by atoms with van der Waals surface area (Å²) in [5.74, 6) is 0.533. The largest absolute Gasteiger partial charge is 0.337 e. The van der Waals surface area contributed by atoms with Crippen LogP contribution in [0.25, 0.3) is 0 Å². The lowest BCUT2D eigenvalue weighted by atomic mass is 10.0. The maximum Gasteiger partial charge on any atom is 0.274 e. The number of carbonyl (C=O) groups excluding carboxylic acids is 1. The number of nitrogens with zero attached hydrogens (tertiary/aromatic N) is 6. The van der Waals surface area contributed by atoms with E-state index in [9.17, 15) is 4.79 Å². The number of hydrogen-bond donors (Lipinski definition) is 0. The van der Waals surface area contributed by atoms with Crippen molar-refractivity contribution in [2.45, 2.75) is 46.1 Å². The maximum absolute atomic E-state index is 12.5. The van der Waals surface area contributed by atoms with Crippen LogP contribution in [0.15, 0.2) is 18.6 Å². The minimum absolute atomic E-state index is 0.0416. The first-order valence-corrected chi connectivity index (χ1v) is 8.51. The first kappa shape index (κ1) is 16.5. The average Bonchev–Trinajstić information content (AvgIpc) is 3.03. The van der Waals surface area contributed by atoms with Crippen LogP contribution in [0.3, 0.4) is 0 Å². The Morgan fingerprint density at radius 2 is 2.00 bits per heavy atom. The molecule has 0 aliphatic carbocycles. The number of piperidine rings is 1. The molecule has 1 aliphatic rings. The predicted octanol–water partition coefficient (Wildman–Crippen LogP) is 2.05. The first-order chi connectivity index (χ1) is 11.5. The second kappa shape index (κ2) is 7.07. The first-order valence-electron chi connectivity index (χ1n) is 8.51. The van der Waals surface area contributed by atoms with E-state index in [1.54, 1.807) is 12.4 Å². The second-order valence-electron chi connectivity index (χ2n) is 6.85. The van der Waals surface area contributed by atoms with E-state index in [4.69, 9.17) is 0 Å². The standard InChI is InChI=1S/C17H24N6O/c1-12(2)8-14-11-23(21-20-14)15-4-6-22(7-5-15)17(24)16-10-18-13(3)9-19-16/h9-12,15H,4-8H2,1-3H3. The van der Waals surface area contributed by atoms with Crippen LogP contribution in [0.4, 0.5) is 0 Å². The molecule has 0 bridgehead atoms. The van der Waals surface area contributed by atoms with E-state index in [0.717, 1.165) is 30.7 Å². The number of likely N-dealkylation sites (tertiary alicyclic amines) is 1. The van der Waals surface area contributed by atoms with Crippen molar-refractivity contribution in [3.63, 3.8) is 0 Å². The summed E-state index contributed by atoms with van der Waals surface area (Å²) in [5, 5.41) is 8.53. The third-order valence-electron chi connectivity index (χ3n) is 4.30. The third-order valence-corrected chi connectivity index (χ3v) is 4.30. The minimum atomic E-state index is -0.0416. The fourth-order valence-electron chi connectivity index (χ4n) is 3.00. The Balaban J connectivity index is 1.58. The van der Waals surface area contributed by atoms with Crippen molar-refractivity contribution in [3.05, 3.63) is 35.7 Å². The van der Waals surface area contributed by atoms with Gasteiger partial charge in [0.25, 0.3) is 5.91 Å². The number of aromatic nitrogens is 5. The Labute approximate surface area is 142 Å². The van der Waals surface area contributed by atoms with Gasteiger partial charge in [0.15, 0.2) is 0 Å². The molecule has 0 atom stereocenters. The molecule has 0 N–H and O–H groups in total. The number of carbonyl (C=O) groups is 1. The number of hydrogen-bond acceptors (Lipinski definition) is 5. The summed E-state index contributed by atoms with van der Waals surface area (Å²) in [5.41, 5.74) is 2.27. The zero-order chi connectivity index (χ0) is 17.1. The van der Waals surface area contributed by atoms with Crippen LogP contribution in [0.2, 0.25) is 0 Å². The van der Waals surface area contributed by atoms with Crippen LogP contribution >= 0.6 is 0 Å². The van der Waals surface area contributed by atoms with Crippen molar-refractivity contribution in [1.82, 2.24) is 29.9 Å². The zero-order valence-corrected chi connectivity index (χ0v) is 14.5. The molecule has 2 aromatic heterocycles. The van der Waals surface area contributed by atoms with Gasteiger partial charge in [0.2, 0.25) is 0 Å². The van der Waals surface area contributed by atoms with Crippen molar-refractivity contribution in [1.29, 1.82) is 0 Å². The summed E-state index contributed by atoms with van der Waals surface area (Å²) >= 11 is 0.